The van der Waals surface area contributed by atoms with Gasteiger partial charge in [-0.15, -0.1) is 10.2 Å². The van der Waals surface area contributed by atoms with E-state index in [1.54, 1.807) is 12.1 Å². The number of nitrogens with one attached hydrogen (secondary N) is 1. The van der Waals surface area contributed by atoms with Crippen molar-refractivity contribution in [1.29, 1.82) is 0 Å². The fourth-order valence-corrected chi connectivity index (χ4v) is 1.96. The predicted octanol–water partition coefficient (Wildman–Crippen LogP) is 3.84. The summed E-state index contributed by atoms with van der Waals surface area (Å²) < 4.78 is 37.6. The van der Waals surface area contributed by atoms with Crippen molar-refractivity contribution in [2.75, 3.05) is 5.32 Å². The Morgan fingerprint density at radius 2 is 1.68 bits per heavy atom. The molecule has 0 amide bonds. The highest BCUT2D eigenvalue weighted by molar-refractivity contribution is 6.29. The number of benzene rings is 1. The van der Waals surface area contributed by atoms with E-state index in [-0.39, 0.29) is 11.0 Å². The van der Waals surface area contributed by atoms with Gasteiger partial charge in [-0.3, -0.25) is 0 Å². The summed E-state index contributed by atoms with van der Waals surface area (Å²) in [5.41, 5.74) is 0.526. The van der Waals surface area contributed by atoms with Gasteiger partial charge in [0.25, 0.3) is 0 Å². The Kier molecular flexibility index (Phi) is 3.53. The lowest BCUT2D eigenvalue weighted by Gasteiger charge is -2.09. The first-order valence-corrected chi connectivity index (χ1v) is 6.41. The van der Waals surface area contributed by atoms with Gasteiger partial charge in [-0.1, -0.05) is 11.6 Å². The third kappa shape index (κ3) is 2.91. The first-order chi connectivity index (χ1) is 10.4. The molecule has 5 nitrogen and oxygen atoms in total. The summed E-state index contributed by atoms with van der Waals surface area (Å²) in [4.78, 5) is 4.09. The molecule has 0 saturated carbocycles. The fraction of sp³-hybridized carbons (Fsp3) is 0.0769. The van der Waals surface area contributed by atoms with E-state index < -0.39 is 11.7 Å². The van der Waals surface area contributed by atoms with Crippen molar-refractivity contribution in [2.45, 2.75) is 6.18 Å². The maximum absolute atomic E-state index is 12.5. The first kappa shape index (κ1) is 14.5. The fourth-order valence-electron chi connectivity index (χ4n) is 1.81. The second kappa shape index (κ2) is 5.38. The van der Waals surface area contributed by atoms with Crippen molar-refractivity contribution in [3.63, 3.8) is 0 Å². The van der Waals surface area contributed by atoms with Crippen LogP contribution in [0.3, 0.4) is 0 Å². The number of aromatic nitrogens is 4. The molecular weight excluding hydrogens is 319 g/mol. The van der Waals surface area contributed by atoms with Gasteiger partial charge in [-0.25, -0.2) is 4.98 Å². The van der Waals surface area contributed by atoms with Gasteiger partial charge in [-0.2, -0.15) is 13.2 Å². The van der Waals surface area contributed by atoms with Gasteiger partial charge in [0.2, 0.25) is 0 Å². The normalized spacial score (nSPS) is 11.6. The van der Waals surface area contributed by atoms with Crippen molar-refractivity contribution in [2.24, 2.45) is 0 Å². The Balaban J connectivity index is 1.95. The molecule has 0 radical (unpaired) electrons. The minimum Gasteiger partial charge on any atom is -0.337 e. The Hall–Kier alpha value is -2.48. The molecule has 0 unspecified atom stereocenters. The molecule has 1 aromatic carbocycles. The summed E-state index contributed by atoms with van der Waals surface area (Å²) in [5.74, 6) is 0.257. The van der Waals surface area contributed by atoms with Crippen LogP contribution in [0.25, 0.3) is 11.0 Å². The lowest BCUT2D eigenvalue weighted by atomic mass is 10.2. The Labute approximate surface area is 127 Å². The predicted molar refractivity (Wildman–Crippen MR) is 74.9 cm³/mol. The number of fused-ring (bicyclic) bond motifs is 1. The third-order valence-corrected chi connectivity index (χ3v) is 3.05. The van der Waals surface area contributed by atoms with Crippen LogP contribution in [-0.4, -0.2) is 20.4 Å². The average molecular weight is 326 g/mol. The maximum atomic E-state index is 12.5. The van der Waals surface area contributed by atoms with E-state index in [1.165, 1.54) is 12.1 Å². The Morgan fingerprint density at radius 1 is 0.955 bits per heavy atom. The number of hydrogen-bond acceptors (Lipinski definition) is 5. The van der Waals surface area contributed by atoms with E-state index in [4.69, 9.17) is 11.6 Å². The minimum atomic E-state index is -4.38. The van der Waals surface area contributed by atoms with E-state index in [2.05, 4.69) is 25.7 Å². The lowest BCUT2D eigenvalue weighted by molar-refractivity contribution is -0.137. The van der Waals surface area contributed by atoms with Gasteiger partial charge < -0.3 is 5.32 Å². The molecule has 0 aliphatic carbocycles. The van der Waals surface area contributed by atoms with Gasteiger partial charge in [0.15, 0.2) is 5.82 Å². The minimum absolute atomic E-state index is 0.248. The standard InChI is InChI=1S/C13H7ClF3N5/c14-10-6-5-9-11(19-10)12(21-22-20-9)18-8-3-1-7(2-4-8)13(15,16)17/h1-6H,(H,18,20,21). The number of alkyl halides is 3. The molecule has 2 heterocycles. The molecule has 0 aliphatic rings. The SMILES string of the molecule is FC(F)(F)c1ccc(Nc2nnnc3ccc(Cl)nc23)cc1. The van der Waals surface area contributed by atoms with E-state index in [9.17, 15) is 13.2 Å². The van der Waals surface area contributed by atoms with Crippen LogP contribution < -0.4 is 5.32 Å². The van der Waals surface area contributed by atoms with Gasteiger partial charge in [-0.05, 0) is 41.6 Å². The summed E-state index contributed by atoms with van der Waals surface area (Å²) >= 11 is 5.82. The summed E-state index contributed by atoms with van der Waals surface area (Å²) in [5, 5.41) is 14.3. The van der Waals surface area contributed by atoms with Crippen LogP contribution in [0.5, 0.6) is 0 Å². The number of anilines is 2. The van der Waals surface area contributed by atoms with Gasteiger partial charge in [0, 0.05) is 5.69 Å². The highest BCUT2D eigenvalue weighted by Gasteiger charge is 2.29. The number of halogens is 4. The molecule has 1 N–H and O–H groups in total. The molecule has 0 spiro atoms. The Morgan fingerprint density at radius 3 is 2.36 bits per heavy atom. The van der Waals surface area contributed by atoms with E-state index in [0.29, 0.717) is 16.7 Å². The molecule has 22 heavy (non-hydrogen) atoms. The first-order valence-electron chi connectivity index (χ1n) is 6.03. The number of nitrogens with zero attached hydrogens (tertiary/aromatic N) is 4. The third-order valence-electron chi connectivity index (χ3n) is 2.84. The van der Waals surface area contributed by atoms with Crippen LogP contribution in [0.1, 0.15) is 5.56 Å². The quantitative estimate of drug-likeness (QED) is 0.725. The zero-order chi connectivity index (χ0) is 15.7. The smallest absolute Gasteiger partial charge is 0.337 e. The van der Waals surface area contributed by atoms with Crippen molar-refractivity contribution >= 4 is 34.1 Å². The molecule has 0 atom stereocenters. The van der Waals surface area contributed by atoms with Gasteiger partial charge in [0.05, 0.1) is 5.56 Å². The molecule has 0 bridgehead atoms. The summed E-state index contributed by atoms with van der Waals surface area (Å²) in [6.45, 7) is 0. The second-order valence-electron chi connectivity index (χ2n) is 4.34. The molecule has 9 heteroatoms. The molecule has 0 saturated heterocycles. The molecule has 3 rings (SSSR count). The molecule has 0 aliphatic heterocycles. The van der Waals surface area contributed by atoms with Crippen molar-refractivity contribution in [3.8, 4) is 0 Å². The van der Waals surface area contributed by atoms with Crippen LogP contribution in [0.2, 0.25) is 5.15 Å². The molecule has 112 valence electrons. The lowest BCUT2D eigenvalue weighted by Crippen LogP contribution is -2.05. The highest BCUT2D eigenvalue weighted by Crippen LogP contribution is 2.30. The summed E-state index contributed by atoms with van der Waals surface area (Å²) in [6.07, 6.45) is -4.38. The van der Waals surface area contributed by atoms with Gasteiger partial charge >= 0.3 is 6.18 Å². The number of pyridine rings is 1. The maximum Gasteiger partial charge on any atom is 0.416 e. The van der Waals surface area contributed by atoms with Gasteiger partial charge in [0.1, 0.15) is 16.2 Å². The molecule has 0 fully saturated rings. The van der Waals surface area contributed by atoms with E-state index in [1.807, 2.05) is 0 Å². The summed E-state index contributed by atoms with van der Waals surface area (Å²) in [7, 11) is 0. The molecule has 3 aromatic rings. The number of hydrogen-bond donors (Lipinski definition) is 1. The van der Waals surface area contributed by atoms with Crippen LogP contribution in [0.15, 0.2) is 36.4 Å². The van der Waals surface area contributed by atoms with Crippen LogP contribution in [-0.2, 0) is 6.18 Å². The zero-order valence-electron chi connectivity index (χ0n) is 10.8. The topological polar surface area (TPSA) is 63.6 Å². The van der Waals surface area contributed by atoms with Crippen LogP contribution in [0, 0.1) is 0 Å². The Bertz CT molecular complexity index is 820. The monoisotopic (exact) mass is 325 g/mol. The largest absolute Gasteiger partial charge is 0.416 e. The van der Waals surface area contributed by atoms with Crippen molar-refractivity contribution in [3.05, 3.63) is 47.1 Å². The highest BCUT2D eigenvalue weighted by atomic mass is 35.5. The zero-order valence-corrected chi connectivity index (χ0v) is 11.5. The average Bonchev–Trinajstić information content (AvgIpc) is 2.47. The molecular formula is C13H7ClF3N5. The number of rotatable bonds is 2. The van der Waals surface area contributed by atoms with Crippen LogP contribution >= 0.6 is 11.6 Å². The van der Waals surface area contributed by atoms with E-state index >= 15 is 0 Å². The summed E-state index contributed by atoms with van der Waals surface area (Å²) in [6, 6.07) is 7.71. The second-order valence-corrected chi connectivity index (χ2v) is 4.73. The van der Waals surface area contributed by atoms with Crippen molar-refractivity contribution in [1.82, 2.24) is 20.4 Å². The molecule has 2 aromatic heterocycles. The van der Waals surface area contributed by atoms with Crippen LogP contribution in [0.4, 0.5) is 24.7 Å². The van der Waals surface area contributed by atoms with Crippen molar-refractivity contribution < 1.29 is 13.2 Å². The van der Waals surface area contributed by atoms with E-state index in [0.717, 1.165) is 12.1 Å².